The van der Waals surface area contributed by atoms with Crippen molar-refractivity contribution in [1.82, 2.24) is 10.3 Å². The molecular formula is C14H24N2S. The predicted molar refractivity (Wildman–Crippen MR) is 74.6 cm³/mol. The zero-order chi connectivity index (χ0) is 12.6. The van der Waals surface area contributed by atoms with Gasteiger partial charge in [-0.1, -0.05) is 27.7 Å². The molecule has 3 heteroatoms. The fourth-order valence-corrected chi connectivity index (χ4v) is 3.81. The highest BCUT2D eigenvalue weighted by Crippen LogP contribution is 2.64. The number of thiazole rings is 1. The van der Waals surface area contributed by atoms with Crippen molar-refractivity contribution < 1.29 is 0 Å². The average Bonchev–Trinajstić information content (AvgIpc) is 2.56. The van der Waals surface area contributed by atoms with Gasteiger partial charge in [-0.25, -0.2) is 4.98 Å². The number of aromatic nitrogens is 1. The van der Waals surface area contributed by atoms with E-state index in [1.54, 1.807) is 0 Å². The number of hydrogen-bond acceptors (Lipinski definition) is 3. The van der Waals surface area contributed by atoms with Crippen LogP contribution in [-0.4, -0.2) is 18.1 Å². The molecule has 1 heterocycles. The monoisotopic (exact) mass is 252 g/mol. The van der Waals surface area contributed by atoms with E-state index in [-0.39, 0.29) is 0 Å². The molecule has 0 bridgehead atoms. The molecule has 1 aliphatic rings. The van der Waals surface area contributed by atoms with Crippen molar-refractivity contribution in [2.24, 2.45) is 17.3 Å². The lowest BCUT2D eigenvalue weighted by atomic mass is 10.1. The topological polar surface area (TPSA) is 24.9 Å². The van der Waals surface area contributed by atoms with E-state index in [1.807, 2.05) is 11.3 Å². The summed E-state index contributed by atoms with van der Waals surface area (Å²) in [5, 5.41) is 7.09. The van der Waals surface area contributed by atoms with E-state index in [4.69, 9.17) is 0 Å². The Balaban J connectivity index is 1.92. The van der Waals surface area contributed by atoms with E-state index in [0.717, 1.165) is 24.9 Å². The van der Waals surface area contributed by atoms with Crippen molar-refractivity contribution in [2.45, 2.75) is 40.5 Å². The summed E-state index contributed by atoms with van der Waals surface area (Å²) in [6.45, 7) is 13.6. The van der Waals surface area contributed by atoms with Gasteiger partial charge in [-0.3, -0.25) is 0 Å². The molecule has 1 fully saturated rings. The summed E-state index contributed by atoms with van der Waals surface area (Å²) in [5.41, 5.74) is 1.59. The normalized spacial score (nSPS) is 26.5. The van der Waals surface area contributed by atoms with Gasteiger partial charge in [0.1, 0.15) is 0 Å². The Hall–Kier alpha value is -0.410. The fourth-order valence-electron chi connectivity index (χ4n) is 2.66. The van der Waals surface area contributed by atoms with Gasteiger partial charge in [-0.2, -0.15) is 0 Å². The first kappa shape index (κ1) is 13.0. The minimum Gasteiger partial charge on any atom is -0.316 e. The molecule has 2 atom stereocenters. The Morgan fingerprint density at radius 1 is 1.47 bits per heavy atom. The molecule has 2 nitrogen and oxygen atoms in total. The Bertz CT molecular complexity index is 381. The summed E-state index contributed by atoms with van der Waals surface area (Å²) in [7, 11) is 0. The zero-order valence-electron chi connectivity index (χ0n) is 11.6. The Morgan fingerprint density at radius 3 is 2.71 bits per heavy atom. The standard InChI is InChI=1S/C14H24N2S/c1-9(2)6-15-7-11-12(14(11,4)5)13-16-10(3)8-17-13/h8-9,11-12,15H,6-7H2,1-5H3. The Kier molecular flexibility index (Phi) is 3.60. The second-order valence-electron chi connectivity index (χ2n) is 6.28. The van der Waals surface area contributed by atoms with E-state index < -0.39 is 0 Å². The van der Waals surface area contributed by atoms with Crippen LogP contribution in [0.1, 0.15) is 44.3 Å². The van der Waals surface area contributed by atoms with Gasteiger partial charge in [0, 0.05) is 17.0 Å². The third-order valence-corrected chi connectivity index (χ3v) is 4.92. The molecule has 1 aliphatic carbocycles. The van der Waals surface area contributed by atoms with Crippen LogP contribution in [0.4, 0.5) is 0 Å². The number of aryl methyl sites for hydroxylation is 1. The molecule has 0 aromatic carbocycles. The van der Waals surface area contributed by atoms with E-state index in [9.17, 15) is 0 Å². The highest BCUT2D eigenvalue weighted by atomic mass is 32.1. The molecule has 1 aromatic rings. The minimum atomic E-state index is 0.425. The lowest BCUT2D eigenvalue weighted by Gasteiger charge is -2.07. The minimum absolute atomic E-state index is 0.425. The fraction of sp³-hybridized carbons (Fsp3) is 0.786. The van der Waals surface area contributed by atoms with Gasteiger partial charge in [0.15, 0.2) is 0 Å². The van der Waals surface area contributed by atoms with Gasteiger partial charge >= 0.3 is 0 Å². The molecule has 0 amide bonds. The third kappa shape index (κ3) is 2.71. The number of nitrogens with zero attached hydrogens (tertiary/aromatic N) is 1. The molecule has 0 radical (unpaired) electrons. The maximum atomic E-state index is 4.65. The number of nitrogens with one attached hydrogen (secondary N) is 1. The molecule has 0 aliphatic heterocycles. The summed E-state index contributed by atoms with van der Waals surface area (Å²) in [6, 6.07) is 0. The first-order chi connectivity index (χ1) is 7.93. The lowest BCUT2D eigenvalue weighted by molar-refractivity contribution is 0.487. The van der Waals surface area contributed by atoms with E-state index in [0.29, 0.717) is 11.3 Å². The largest absolute Gasteiger partial charge is 0.316 e. The average molecular weight is 252 g/mol. The molecule has 0 spiro atoms. The van der Waals surface area contributed by atoms with Crippen LogP contribution in [0.5, 0.6) is 0 Å². The first-order valence-electron chi connectivity index (χ1n) is 6.55. The summed E-state index contributed by atoms with van der Waals surface area (Å²) < 4.78 is 0. The van der Waals surface area contributed by atoms with E-state index in [2.05, 4.69) is 50.3 Å². The van der Waals surface area contributed by atoms with E-state index in [1.165, 1.54) is 10.7 Å². The van der Waals surface area contributed by atoms with Crippen LogP contribution in [-0.2, 0) is 0 Å². The highest BCUT2D eigenvalue weighted by Gasteiger charge is 2.59. The zero-order valence-corrected chi connectivity index (χ0v) is 12.4. The second-order valence-corrected chi connectivity index (χ2v) is 7.17. The van der Waals surface area contributed by atoms with Gasteiger partial charge < -0.3 is 5.32 Å². The van der Waals surface area contributed by atoms with Gasteiger partial charge in [-0.15, -0.1) is 11.3 Å². The van der Waals surface area contributed by atoms with Crippen molar-refractivity contribution in [1.29, 1.82) is 0 Å². The van der Waals surface area contributed by atoms with Gasteiger partial charge in [0.2, 0.25) is 0 Å². The van der Waals surface area contributed by atoms with Crippen LogP contribution < -0.4 is 5.32 Å². The van der Waals surface area contributed by atoms with Gasteiger partial charge in [0.25, 0.3) is 0 Å². The maximum Gasteiger partial charge on any atom is 0.0968 e. The number of hydrogen-bond donors (Lipinski definition) is 1. The summed E-state index contributed by atoms with van der Waals surface area (Å²) in [5.74, 6) is 2.16. The Labute approximate surface area is 109 Å². The molecule has 1 N–H and O–H groups in total. The van der Waals surface area contributed by atoms with Crippen LogP contribution in [0.15, 0.2) is 5.38 Å². The molecule has 0 saturated heterocycles. The van der Waals surface area contributed by atoms with Crippen LogP contribution in [0.3, 0.4) is 0 Å². The van der Waals surface area contributed by atoms with Gasteiger partial charge in [0.05, 0.1) is 5.01 Å². The van der Waals surface area contributed by atoms with Crippen molar-refractivity contribution in [3.8, 4) is 0 Å². The molecule has 2 rings (SSSR count). The van der Waals surface area contributed by atoms with Gasteiger partial charge in [-0.05, 0) is 37.3 Å². The highest BCUT2D eigenvalue weighted by molar-refractivity contribution is 7.09. The van der Waals surface area contributed by atoms with Crippen LogP contribution in [0.2, 0.25) is 0 Å². The van der Waals surface area contributed by atoms with Crippen LogP contribution in [0, 0.1) is 24.2 Å². The van der Waals surface area contributed by atoms with Crippen molar-refractivity contribution in [3.63, 3.8) is 0 Å². The first-order valence-corrected chi connectivity index (χ1v) is 7.43. The predicted octanol–water partition coefficient (Wildman–Crippen LogP) is 3.44. The smallest absolute Gasteiger partial charge is 0.0968 e. The molecule has 2 unspecified atom stereocenters. The molecule has 1 saturated carbocycles. The van der Waals surface area contributed by atoms with Crippen molar-refractivity contribution in [3.05, 3.63) is 16.1 Å². The second kappa shape index (κ2) is 4.69. The molecule has 96 valence electrons. The molecule has 17 heavy (non-hydrogen) atoms. The summed E-state index contributed by atoms with van der Waals surface area (Å²) in [4.78, 5) is 4.65. The Morgan fingerprint density at radius 2 is 2.18 bits per heavy atom. The lowest BCUT2D eigenvalue weighted by Crippen LogP contribution is -2.23. The van der Waals surface area contributed by atoms with E-state index >= 15 is 0 Å². The summed E-state index contributed by atoms with van der Waals surface area (Å²) in [6.07, 6.45) is 0. The quantitative estimate of drug-likeness (QED) is 0.868. The SMILES string of the molecule is Cc1csc(C2C(CNCC(C)C)C2(C)C)n1. The molecular weight excluding hydrogens is 228 g/mol. The number of rotatable bonds is 5. The van der Waals surface area contributed by atoms with Crippen molar-refractivity contribution >= 4 is 11.3 Å². The third-order valence-electron chi connectivity index (χ3n) is 3.87. The van der Waals surface area contributed by atoms with Crippen LogP contribution >= 0.6 is 11.3 Å². The van der Waals surface area contributed by atoms with Crippen LogP contribution in [0.25, 0.3) is 0 Å². The van der Waals surface area contributed by atoms with Crippen molar-refractivity contribution in [2.75, 3.05) is 13.1 Å². The summed E-state index contributed by atoms with van der Waals surface area (Å²) >= 11 is 1.83. The molecule has 1 aromatic heterocycles. The maximum absolute atomic E-state index is 4.65.